The lowest BCUT2D eigenvalue weighted by Crippen LogP contribution is -2.32. The van der Waals surface area contributed by atoms with Gasteiger partial charge in [0.15, 0.2) is 5.82 Å². The molecule has 1 aliphatic heterocycles. The number of carboxylic acid groups (broad SMARTS) is 1. The highest BCUT2D eigenvalue weighted by Gasteiger charge is 2.28. The summed E-state index contributed by atoms with van der Waals surface area (Å²) in [6, 6.07) is 12.1. The number of tetrazole rings is 1. The quantitative estimate of drug-likeness (QED) is 0.323. The van der Waals surface area contributed by atoms with E-state index in [1.165, 1.54) is 9.58 Å². The number of amidine groups is 1. The molecule has 1 aliphatic rings. The molecule has 154 valence electrons. The molecule has 31 heavy (non-hydrogen) atoms. The first-order valence-corrected chi connectivity index (χ1v) is 9.31. The number of nitrogens with two attached hydrogens (primary N) is 1. The van der Waals surface area contributed by atoms with Gasteiger partial charge in [-0.05, 0) is 40.8 Å². The maximum atomic E-state index is 13.1. The Morgan fingerprint density at radius 3 is 2.58 bits per heavy atom. The van der Waals surface area contributed by atoms with Crippen LogP contribution in [0.4, 0.5) is 0 Å². The van der Waals surface area contributed by atoms with Gasteiger partial charge in [-0.25, -0.2) is 0 Å². The number of nitrogens with zero attached hydrogens (tertiary/aromatic N) is 5. The Kier molecular flexibility index (Phi) is 5.15. The molecule has 0 aliphatic carbocycles. The van der Waals surface area contributed by atoms with Crippen LogP contribution in [0.3, 0.4) is 0 Å². The third-order valence-corrected chi connectivity index (χ3v) is 4.75. The molecule has 3 aromatic rings. The van der Waals surface area contributed by atoms with E-state index < -0.39 is 5.97 Å². The molecule has 10 heteroatoms. The van der Waals surface area contributed by atoms with Crippen LogP contribution in [0.2, 0.25) is 0 Å². The lowest BCUT2D eigenvalue weighted by Gasteiger charge is -2.19. The summed E-state index contributed by atoms with van der Waals surface area (Å²) in [5.41, 5.74) is 8.27. The van der Waals surface area contributed by atoms with Crippen LogP contribution in [0.15, 0.2) is 42.5 Å². The fraction of sp³-hybridized carbons (Fsp3) is 0.143. The van der Waals surface area contributed by atoms with Crippen LogP contribution in [0.5, 0.6) is 0 Å². The van der Waals surface area contributed by atoms with Gasteiger partial charge in [-0.2, -0.15) is 4.68 Å². The van der Waals surface area contributed by atoms with Gasteiger partial charge in [0.1, 0.15) is 5.84 Å². The molecule has 4 rings (SSSR count). The van der Waals surface area contributed by atoms with Crippen molar-refractivity contribution < 1.29 is 14.7 Å². The van der Waals surface area contributed by atoms with Crippen molar-refractivity contribution in [2.75, 3.05) is 6.54 Å². The van der Waals surface area contributed by atoms with Gasteiger partial charge < -0.3 is 15.7 Å². The third-order valence-electron chi connectivity index (χ3n) is 4.75. The van der Waals surface area contributed by atoms with Gasteiger partial charge in [0.25, 0.3) is 5.91 Å². The Labute approximate surface area is 176 Å². The second-order valence-corrected chi connectivity index (χ2v) is 6.85. The van der Waals surface area contributed by atoms with Crippen LogP contribution in [0, 0.1) is 17.3 Å². The molecule has 1 aromatic heterocycles. The average molecular weight is 415 g/mol. The Morgan fingerprint density at radius 1 is 1.16 bits per heavy atom. The Hall–Kier alpha value is -4.52. The zero-order chi connectivity index (χ0) is 22.0. The number of rotatable bonds is 4. The van der Waals surface area contributed by atoms with Crippen LogP contribution < -0.4 is 5.73 Å². The van der Waals surface area contributed by atoms with Crippen molar-refractivity contribution in [2.45, 2.75) is 13.0 Å². The van der Waals surface area contributed by atoms with E-state index in [-0.39, 0.29) is 31.3 Å². The predicted octanol–water partition coefficient (Wildman–Crippen LogP) is 0.777. The number of hydrogen-bond acceptors (Lipinski definition) is 6. The fourth-order valence-corrected chi connectivity index (χ4v) is 3.16. The van der Waals surface area contributed by atoms with Crippen molar-refractivity contribution in [3.8, 4) is 17.5 Å². The molecule has 4 N–H and O–H groups in total. The third kappa shape index (κ3) is 4.11. The van der Waals surface area contributed by atoms with Gasteiger partial charge in [0, 0.05) is 23.2 Å². The minimum Gasteiger partial charge on any atom is -0.481 e. The molecule has 2 heterocycles. The van der Waals surface area contributed by atoms with Gasteiger partial charge in [-0.15, -0.1) is 5.10 Å². The number of aromatic nitrogens is 4. The smallest absolute Gasteiger partial charge is 0.305 e. The molecule has 2 aromatic carbocycles. The number of amides is 1. The summed E-state index contributed by atoms with van der Waals surface area (Å²) in [7, 11) is 0. The fourth-order valence-electron chi connectivity index (χ4n) is 3.16. The summed E-state index contributed by atoms with van der Waals surface area (Å²) in [4.78, 5) is 25.5. The summed E-state index contributed by atoms with van der Waals surface area (Å²) >= 11 is 0. The number of nitrogens with one attached hydrogen (secondary N) is 1. The number of benzene rings is 2. The molecule has 0 unspecified atom stereocenters. The molecule has 0 radical (unpaired) electrons. The molecular weight excluding hydrogens is 398 g/mol. The van der Waals surface area contributed by atoms with Crippen LogP contribution in [0.1, 0.15) is 39.3 Å². The summed E-state index contributed by atoms with van der Waals surface area (Å²) in [6.07, 6.45) is -0.182. The maximum absolute atomic E-state index is 13.1. The highest BCUT2D eigenvalue weighted by atomic mass is 16.4. The average Bonchev–Trinajstić information content (AvgIpc) is 3.18. The van der Waals surface area contributed by atoms with Crippen molar-refractivity contribution in [2.24, 2.45) is 5.73 Å². The van der Waals surface area contributed by atoms with Crippen molar-refractivity contribution in [1.29, 1.82) is 5.41 Å². The Morgan fingerprint density at radius 2 is 1.87 bits per heavy atom. The Bertz CT molecular complexity index is 1250. The van der Waals surface area contributed by atoms with Crippen molar-refractivity contribution >= 4 is 17.7 Å². The molecule has 1 amide bonds. The molecule has 0 saturated carbocycles. The van der Waals surface area contributed by atoms with E-state index >= 15 is 0 Å². The van der Waals surface area contributed by atoms with E-state index in [4.69, 9.17) is 16.2 Å². The standard InChI is InChI=1S/C21H17N7O3/c22-20(23)15-6-3-13(4-7-15)1-2-14-5-8-17-16(11-14)21(31)27(10-9-19(29)30)12-18-24-25-26-28(17)18/h3-8,11H,9-10,12H2,(H3,22,23)(H,29,30). The zero-order valence-corrected chi connectivity index (χ0v) is 16.2. The van der Waals surface area contributed by atoms with Crippen LogP contribution in [-0.2, 0) is 11.3 Å². The predicted molar refractivity (Wildman–Crippen MR) is 110 cm³/mol. The first-order valence-electron chi connectivity index (χ1n) is 9.31. The second-order valence-electron chi connectivity index (χ2n) is 6.85. The van der Waals surface area contributed by atoms with E-state index in [2.05, 4.69) is 27.4 Å². The number of aliphatic carboxylic acids is 1. The van der Waals surface area contributed by atoms with Crippen LogP contribution >= 0.6 is 0 Å². The number of carboxylic acids is 1. The summed E-state index contributed by atoms with van der Waals surface area (Å²) in [5, 5.41) is 28.0. The van der Waals surface area contributed by atoms with Gasteiger partial charge in [0.05, 0.1) is 24.2 Å². The molecule has 10 nitrogen and oxygen atoms in total. The SMILES string of the molecule is N=C(N)c1ccc(C#Cc2ccc3c(c2)C(=O)N(CCC(=O)O)Cc2nnnn2-3)cc1. The lowest BCUT2D eigenvalue weighted by atomic mass is 10.1. The zero-order valence-electron chi connectivity index (χ0n) is 16.2. The molecule has 0 spiro atoms. The summed E-state index contributed by atoms with van der Waals surface area (Å²) in [6.45, 7) is 0.149. The van der Waals surface area contributed by atoms with E-state index in [1.807, 2.05) is 0 Å². The molecule has 0 bridgehead atoms. The Balaban J connectivity index is 1.68. The molecule has 0 fully saturated rings. The van der Waals surface area contributed by atoms with Crippen LogP contribution in [-0.4, -0.2) is 54.5 Å². The van der Waals surface area contributed by atoms with E-state index in [9.17, 15) is 9.59 Å². The molecular formula is C21H17N7O3. The topological polar surface area (TPSA) is 151 Å². The van der Waals surface area contributed by atoms with Crippen molar-refractivity contribution in [3.05, 3.63) is 70.5 Å². The highest BCUT2D eigenvalue weighted by molar-refractivity contribution is 5.99. The maximum Gasteiger partial charge on any atom is 0.305 e. The summed E-state index contributed by atoms with van der Waals surface area (Å²) < 4.78 is 1.48. The number of hydrogen-bond donors (Lipinski definition) is 3. The number of fused-ring (bicyclic) bond motifs is 3. The van der Waals surface area contributed by atoms with Crippen molar-refractivity contribution in [3.63, 3.8) is 0 Å². The second kappa shape index (κ2) is 8.08. The van der Waals surface area contributed by atoms with Gasteiger partial charge in [-0.3, -0.25) is 15.0 Å². The lowest BCUT2D eigenvalue weighted by molar-refractivity contribution is -0.137. The largest absolute Gasteiger partial charge is 0.481 e. The van der Waals surface area contributed by atoms with E-state index in [0.29, 0.717) is 28.2 Å². The van der Waals surface area contributed by atoms with Gasteiger partial charge in [0.2, 0.25) is 0 Å². The van der Waals surface area contributed by atoms with Gasteiger partial charge in [-0.1, -0.05) is 24.0 Å². The van der Waals surface area contributed by atoms with E-state index in [1.54, 1.807) is 42.5 Å². The first-order chi connectivity index (χ1) is 14.9. The highest BCUT2D eigenvalue weighted by Crippen LogP contribution is 2.23. The number of nitrogen functional groups attached to an aromatic ring is 1. The molecule has 0 saturated heterocycles. The summed E-state index contributed by atoms with van der Waals surface area (Å²) in [5.74, 6) is 5.16. The normalized spacial score (nSPS) is 12.3. The van der Waals surface area contributed by atoms with Crippen LogP contribution in [0.25, 0.3) is 5.69 Å². The minimum absolute atomic E-state index is 0.0156. The van der Waals surface area contributed by atoms with Gasteiger partial charge >= 0.3 is 5.97 Å². The monoisotopic (exact) mass is 415 g/mol. The number of carbonyl (C=O) groups excluding carboxylic acids is 1. The number of carbonyl (C=O) groups is 2. The van der Waals surface area contributed by atoms with E-state index in [0.717, 1.165) is 5.56 Å². The first kappa shape index (κ1) is 19.8. The van der Waals surface area contributed by atoms with Crippen molar-refractivity contribution in [1.82, 2.24) is 25.1 Å². The molecule has 0 atom stereocenters. The minimum atomic E-state index is -0.993.